The second-order valence-corrected chi connectivity index (χ2v) is 3.06. The number of nitrogens with one attached hydrogen (secondary N) is 2. The maximum atomic E-state index is 11.6. The Morgan fingerprint density at radius 2 is 2.24 bits per heavy atom. The van der Waals surface area contributed by atoms with Crippen LogP contribution in [-0.2, 0) is 32.7 Å². The molecule has 0 aliphatic carbocycles. The van der Waals surface area contributed by atoms with Crippen molar-refractivity contribution in [2.24, 2.45) is 0 Å². The summed E-state index contributed by atoms with van der Waals surface area (Å²) in [7, 11) is 0. The summed E-state index contributed by atoms with van der Waals surface area (Å²) in [6.07, 6.45) is 1.36. The number of aromatic nitrogens is 2. The van der Waals surface area contributed by atoms with E-state index >= 15 is 0 Å². The third kappa shape index (κ3) is 3.87. The zero-order valence-electron chi connectivity index (χ0n) is 8.81. The van der Waals surface area contributed by atoms with Crippen LogP contribution in [0.25, 0.3) is 0 Å². The number of anilines is 1. The van der Waals surface area contributed by atoms with Crippen LogP contribution in [0, 0.1) is 6.07 Å². The molecule has 0 saturated carbocycles. The summed E-state index contributed by atoms with van der Waals surface area (Å²) in [5.41, 5.74) is 0.392. The van der Waals surface area contributed by atoms with Gasteiger partial charge in [0.25, 0.3) is 5.56 Å². The molecular weight excluding hydrogens is 295 g/mol. The number of amides is 1. The Labute approximate surface area is 123 Å². The van der Waals surface area contributed by atoms with E-state index in [1.165, 1.54) is 12.3 Å². The predicted molar refractivity (Wildman–Crippen MR) is 58.1 cm³/mol. The molecule has 17 heavy (non-hydrogen) atoms. The van der Waals surface area contributed by atoms with Crippen LogP contribution in [0.1, 0.15) is 10.4 Å². The molecule has 1 aromatic heterocycles. The summed E-state index contributed by atoms with van der Waals surface area (Å²) in [6, 6.07) is 10.8. The van der Waals surface area contributed by atoms with Gasteiger partial charge in [-0.05, 0) is 0 Å². The van der Waals surface area contributed by atoms with Crippen LogP contribution >= 0.6 is 0 Å². The van der Waals surface area contributed by atoms with Crippen LogP contribution in [0.5, 0.6) is 0 Å². The Morgan fingerprint density at radius 1 is 1.41 bits per heavy atom. The van der Waals surface area contributed by atoms with Gasteiger partial charge in [-0.3, -0.25) is 4.79 Å². The molecule has 0 fully saturated rings. The molecule has 2 rings (SSSR count). The fourth-order valence-electron chi connectivity index (χ4n) is 1.18. The summed E-state index contributed by atoms with van der Waals surface area (Å²) in [4.78, 5) is 22.6. The van der Waals surface area contributed by atoms with Gasteiger partial charge in [0.05, 0.1) is 11.9 Å². The summed E-state index contributed by atoms with van der Waals surface area (Å²) in [6.45, 7) is 0. The number of H-pyrrole nitrogens is 1. The van der Waals surface area contributed by atoms with Gasteiger partial charge < -0.3 is 10.1 Å². The molecule has 0 atom stereocenters. The van der Waals surface area contributed by atoms with E-state index in [2.05, 4.69) is 21.6 Å². The largest absolute Gasteiger partial charge is 0.361 e. The molecule has 5 nitrogen and oxygen atoms in total. The topological polar surface area (TPSA) is 74.8 Å². The van der Waals surface area contributed by atoms with Crippen molar-refractivity contribution >= 4 is 11.6 Å². The Balaban J connectivity index is 0.00000144. The number of carbonyl (C=O) groups excluding carboxylic acids is 1. The summed E-state index contributed by atoms with van der Waals surface area (Å²) in [5, 5.41) is 8.33. The molecule has 0 bridgehead atoms. The normalized spacial score (nSPS) is 9.18. The zero-order valence-corrected chi connectivity index (χ0v) is 11.6. The van der Waals surface area contributed by atoms with E-state index in [4.69, 9.17) is 0 Å². The smallest absolute Gasteiger partial charge is 0.266 e. The quantitative estimate of drug-likeness (QED) is 0.807. The van der Waals surface area contributed by atoms with Crippen LogP contribution in [0.4, 0.5) is 5.69 Å². The van der Waals surface area contributed by atoms with Gasteiger partial charge in [0.1, 0.15) is 0 Å². The number of rotatable bonds is 2. The molecule has 83 valence electrons. The molecule has 0 aliphatic heterocycles. The number of hydrogen-bond donors (Lipinski definition) is 2. The van der Waals surface area contributed by atoms with Gasteiger partial charge >= 0.3 is 0 Å². The molecule has 1 heterocycles. The maximum Gasteiger partial charge on any atom is 0.266 e. The van der Waals surface area contributed by atoms with Crippen molar-refractivity contribution < 1.29 is 37.5 Å². The van der Waals surface area contributed by atoms with Gasteiger partial charge in [0.15, 0.2) is 5.91 Å². The molecule has 0 saturated heterocycles. The number of carbonyl (C=O) groups is 1. The second-order valence-electron chi connectivity index (χ2n) is 3.06. The first-order valence-corrected chi connectivity index (χ1v) is 4.58. The Morgan fingerprint density at radius 3 is 2.88 bits per heavy atom. The third-order valence-electron chi connectivity index (χ3n) is 1.88. The molecule has 0 spiro atoms. The average molecular weight is 303 g/mol. The van der Waals surface area contributed by atoms with E-state index < -0.39 is 0 Å². The fourth-order valence-corrected chi connectivity index (χ4v) is 1.18. The standard InChI is InChI=1S/C11H8N3O2.Y/c15-10-6-9(7-12-14-10)13-11(16)8-4-2-1-3-5-8;/h1-4,6-7H,(H2,13,14,15,16);/q-1;. The van der Waals surface area contributed by atoms with Crippen molar-refractivity contribution in [1.82, 2.24) is 10.2 Å². The van der Waals surface area contributed by atoms with Crippen LogP contribution < -0.4 is 10.9 Å². The van der Waals surface area contributed by atoms with Gasteiger partial charge in [-0.15, -0.1) is 30.3 Å². The molecule has 1 radical (unpaired) electrons. The SMILES string of the molecule is O=C(Nc1cn[nH]c(=O)c1)c1[c-]cccc1.[Y]. The molecule has 6 heteroatoms. The first kappa shape index (κ1) is 13.7. The molecule has 2 N–H and O–H groups in total. The van der Waals surface area contributed by atoms with Gasteiger partial charge in [-0.25, -0.2) is 5.10 Å². The molecule has 0 unspecified atom stereocenters. The minimum Gasteiger partial charge on any atom is -0.361 e. The van der Waals surface area contributed by atoms with E-state index in [0.717, 1.165) is 0 Å². The van der Waals surface area contributed by atoms with E-state index in [-0.39, 0.29) is 44.2 Å². The fraction of sp³-hybridized carbons (Fsp3) is 0. The number of aromatic amines is 1. The molecule has 1 amide bonds. The van der Waals surface area contributed by atoms with Crippen molar-refractivity contribution in [3.05, 3.63) is 58.5 Å². The van der Waals surface area contributed by atoms with Crippen molar-refractivity contribution in [1.29, 1.82) is 0 Å². The number of nitrogens with zero attached hydrogens (tertiary/aromatic N) is 1. The Hall–Kier alpha value is -1.33. The monoisotopic (exact) mass is 303 g/mol. The van der Waals surface area contributed by atoms with Crippen LogP contribution in [-0.4, -0.2) is 16.1 Å². The van der Waals surface area contributed by atoms with E-state index in [0.29, 0.717) is 11.3 Å². The first-order chi connectivity index (χ1) is 7.75. The van der Waals surface area contributed by atoms with Crippen molar-refractivity contribution in [3.63, 3.8) is 0 Å². The molecule has 0 aliphatic rings. The number of benzene rings is 1. The minimum atomic E-state index is -0.366. The Kier molecular flexibility index (Phi) is 5.19. The zero-order chi connectivity index (χ0) is 11.4. The van der Waals surface area contributed by atoms with Crippen molar-refractivity contribution in [2.75, 3.05) is 5.32 Å². The number of hydrogen-bond acceptors (Lipinski definition) is 3. The van der Waals surface area contributed by atoms with E-state index in [1.54, 1.807) is 24.3 Å². The van der Waals surface area contributed by atoms with Crippen molar-refractivity contribution in [3.8, 4) is 0 Å². The predicted octanol–water partition coefficient (Wildman–Crippen LogP) is 0.820. The second kappa shape index (κ2) is 6.42. The molecule has 1 aromatic carbocycles. The van der Waals surface area contributed by atoms with Gasteiger partial charge in [0.2, 0.25) is 0 Å². The summed E-state index contributed by atoms with van der Waals surface area (Å²) < 4.78 is 0. The molecule has 2 aromatic rings. The van der Waals surface area contributed by atoms with E-state index in [1.807, 2.05) is 0 Å². The van der Waals surface area contributed by atoms with Crippen LogP contribution in [0.3, 0.4) is 0 Å². The minimum absolute atomic E-state index is 0. The van der Waals surface area contributed by atoms with Crippen LogP contribution in [0.2, 0.25) is 0 Å². The Bertz CT molecular complexity index is 554. The summed E-state index contributed by atoms with van der Waals surface area (Å²) >= 11 is 0. The van der Waals surface area contributed by atoms with Gasteiger partial charge in [-0.2, -0.15) is 5.10 Å². The van der Waals surface area contributed by atoms with Crippen molar-refractivity contribution in [2.45, 2.75) is 0 Å². The third-order valence-corrected chi connectivity index (χ3v) is 1.88. The average Bonchev–Trinajstić information content (AvgIpc) is 2.30. The van der Waals surface area contributed by atoms with Gasteiger partial charge in [0, 0.05) is 38.8 Å². The van der Waals surface area contributed by atoms with Gasteiger partial charge in [-0.1, -0.05) is 5.56 Å². The maximum absolute atomic E-state index is 11.6. The summed E-state index contributed by atoms with van der Waals surface area (Å²) in [5.74, 6) is -0.326. The van der Waals surface area contributed by atoms with Crippen LogP contribution in [0.15, 0.2) is 41.3 Å². The molecular formula is C11H8N3O2Y-. The first-order valence-electron chi connectivity index (χ1n) is 4.58. The van der Waals surface area contributed by atoms with E-state index in [9.17, 15) is 9.59 Å².